The Bertz CT molecular complexity index is 442. The van der Waals surface area contributed by atoms with Gasteiger partial charge in [0.15, 0.2) is 0 Å². The topological polar surface area (TPSA) is 47.0 Å². The van der Waals surface area contributed by atoms with Crippen LogP contribution in [0.1, 0.15) is 49.0 Å². The van der Waals surface area contributed by atoms with Crippen LogP contribution in [0, 0.1) is 0 Å². The van der Waals surface area contributed by atoms with E-state index in [1.165, 1.54) is 18.5 Å². The van der Waals surface area contributed by atoms with E-state index in [1.54, 1.807) is 0 Å². The van der Waals surface area contributed by atoms with Crippen molar-refractivity contribution in [2.45, 2.75) is 37.5 Å². The zero-order valence-electron chi connectivity index (χ0n) is 10.6. The number of rotatable bonds is 3. The van der Waals surface area contributed by atoms with Crippen LogP contribution in [0.25, 0.3) is 0 Å². The summed E-state index contributed by atoms with van der Waals surface area (Å²) < 4.78 is 6.46. The monoisotopic (exact) mass is 311 g/mol. The van der Waals surface area contributed by atoms with E-state index in [4.69, 9.17) is 9.72 Å². The van der Waals surface area contributed by atoms with Crippen LogP contribution < -0.4 is 5.32 Å². The van der Waals surface area contributed by atoms with Gasteiger partial charge in [-0.25, -0.2) is 9.97 Å². The molecule has 1 aliphatic heterocycles. The molecule has 1 aromatic rings. The van der Waals surface area contributed by atoms with Gasteiger partial charge in [-0.15, -0.1) is 0 Å². The fourth-order valence-electron chi connectivity index (χ4n) is 2.41. The van der Waals surface area contributed by atoms with Gasteiger partial charge in [0.05, 0.1) is 10.2 Å². The molecule has 0 atom stereocenters. The second kappa shape index (κ2) is 5.13. The average Bonchev–Trinajstić information content (AvgIpc) is 3.24. The molecule has 3 rings (SSSR count). The first-order valence-corrected chi connectivity index (χ1v) is 7.41. The molecule has 1 saturated heterocycles. The lowest BCUT2D eigenvalue weighted by Gasteiger charge is -2.22. The Kier molecular flexibility index (Phi) is 3.52. The molecular weight excluding hydrogens is 294 g/mol. The van der Waals surface area contributed by atoms with Crippen molar-refractivity contribution in [2.24, 2.45) is 0 Å². The highest BCUT2D eigenvalue weighted by atomic mass is 79.9. The quantitative estimate of drug-likeness (QED) is 0.932. The van der Waals surface area contributed by atoms with E-state index in [-0.39, 0.29) is 0 Å². The van der Waals surface area contributed by atoms with Crippen LogP contribution in [0.4, 0.5) is 5.82 Å². The molecule has 5 heteroatoms. The van der Waals surface area contributed by atoms with Crippen LogP contribution in [-0.2, 0) is 4.74 Å². The molecule has 2 fully saturated rings. The summed E-state index contributed by atoms with van der Waals surface area (Å²) in [4.78, 5) is 9.47. The number of hydrogen-bond acceptors (Lipinski definition) is 4. The summed E-state index contributed by atoms with van der Waals surface area (Å²) in [5.74, 6) is 3.01. The number of ether oxygens (including phenoxy) is 1. The van der Waals surface area contributed by atoms with Crippen molar-refractivity contribution >= 4 is 21.7 Å². The number of nitrogens with one attached hydrogen (secondary N) is 1. The second-order valence-corrected chi connectivity index (χ2v) is 5.83. The number of halogens is 1. The van der Waals surface area contributed by atoms with Crippen LogP contribution in [0.3, 0.4) is 0 Å². The lowest BCUT2D eigenvalue weighted by molar-refractivity contribution is 0.0835. The summed E-state index contributed by atoms with van der Waals surface area (Å²) >= 11 is 3.63. The summed E-state index contributed by atoms with van der Waals surface area (Å²) in [6.45, 7) is 1.66. The van der Waals surface area contributed by atoms with Crippen LogP contribution in [-0.4, -0.2) is 30.2 Å². The van der Waals surface area contributed by atoms with Gasteiger partial charge in [-0.3, -0.25) is 0 Å². The number of nitrogens with zero attached hydrogens (tertiary/aromatic N) is 2. The van der Waals surface area contributed by atoms with Crippen molar-refractivity contribution in [2.75, 3.05) is 25.6 Å². The number of aromatic nitrogens is 2. The van der Waals surface area contributed by atoms with E-state index < -0.39 is 0 Å². The van der Waals surface area contributed by atoms with Gasteiger partial charge in [-0.2, -0.15) is 0 Å². The lowest BCUT2D eigenvalue weighted by Crippen LogP contribution is -2.17. The normalized spacial score (nSPS) is 21.0. The van der Waals surface area contributed by atoms with Crippen LogP contribution in [0.2, 0.25) is 0 Å². The maximum absolute atomic E-state index is 5.41. The summed E-state index contributed by atoms with van der Waals surface area (Å²) in [6.07, 6.45) is 4.59. The summed E-state index contributed by atoms with van der Waals surface area (Å²) in [6, 6.07) is 0. The maximum Gasteiger partial charge on any atom is 0.144 e. The van der Waals surface area contributed by atoms with Crippen LogP contribution in [0.5, 0.6) is 0 Å². The third-order valence-electron chi connectivity index (χ3n) is 3.68. The molecule has 0 bridgehead atoms. The first kappa shape index (κ1) is 12.4. The molecule has 4 nitrogen and oxygen atoms in total. The smallest absolute Gasteiger partial charge is 0.144 e. The molecule has 18 heavy (non-hydrogen) atoms. The van der Waals surface area contributed by atoms with E-state index in [0.717, 1.165) is 42.2 Å². The molecular formula is C13H18BrN3O. The van der Waals surface area contributed by atoms with E-state index in [1.807, 2.05) is 7.05 Å². The molecule has 0 spiro atoms. The molecule has 0 unspecified atom stereocenters. The lowest BCUT2D eigenvalue weighted by atomic mass is 9.99. The van der Waals surface area contributed by atoms with Gasteiger partial charge in [0.25, 0.3) is 0 Å². The molecule has 2 heterocycles. The van der Waals surface area contributed by atoms with Crippen molar-refractivity contribution in [3.8, 4) is 0 Å². The van der Waals surface area contributed by atoms with Gasteiger partial charge in [0, 0.05) is 32.1 Å². The van der Waals surface area contributed by atoms with E-state index in [9.17, 15) is 0 Å². The predicted molar refractivity (Wildman–Crippen MR) is 74.0 cm³/mol. The molecule has 1 saturated carbocycles. The maximum atomic E-state index is 5.41. The summed E-state index contributed by atoms with van der Waals surface area (Å²) in [5.41, 5.74) is 1.19. The molecule has 1 aliphatic carbocycles. The molecule has 1 N–H and O–H groups in total. The summed E-state index contributed by atoms with van der Waals surface area (Å²) in [7, 11) is 1.91. The minimum atomic E-state index is 0.455. The molecule has 2 aliphatic rings. The SMILES string of the molecule is CNc1nc(C2CCOCC2)nc(C2CC2)c1Br. The standard InChI is InChI=1S/C13H18BrN3O/c1-15-13-10(14)11(8-2-3-8)16-12(17-13)9-4-6-18-7-5-9/h8-9H,2-7H2,1H3,(H,15,16,17). The Morgan fingerprint density at radius 1 is 1.11 bits per heavy atom. The van der Waals surface area contributed by atoms with Gasteiger partial charge in [-0.05, 0) is 41.6 Å². The minimum Gasteiger partial charge on any atom is -0.381 e. The molecule has 1 aromatic heterocycles. The molecule has 0 radical (unpaired) electrons. The minimum absolute atomic E-state index is 0.455. The van der Waals surface area contributed by atoms with Crippen molar-refractivity contribution in [3.63, 3.8) is 0 Å². The van der Waals surface area contributed by atoms with Crippen LogP contribution >= 0.6 is 15.9 Å². The zero-order chi connectivity index (χ0) is 12.5. The zero-order valence-corrected chi connectivity index (χ0v) is 12.2. The van der Waals surface area contributed by atoms with Crippen LogP contribution in [0.15, 0.2) is 4.47 Å². The Morgan fingerprint density at radius 2 is 1.83 bits per heavy atom. The number of hydrogen-bond donors (Lipinski definition) is 1. The van der Waals surface area contributed by atoms with Crippen molar-refractivity contribution in [3.05, 3.63) is 16.0 Å². The summed E-state index contributed by atoms with van der Waals surface area (Å²) in [5, 5.41) is 3.17. The largest absolute Gasteiger partial charge is 0.381 e. The molecule has 0 aromatic carbocycles. The third kappa shape index (κ3) is 2.38. The highest BCUT2D eigenvalue weighted by Gasteiger charge is 2.30. The van der Waals surface area contributed by atoms with Gasteiger partial charge in [0.1, 0.15) is 11.6 Å². The van der Waals surface area contributed by atoms with E-state index in [2.05, 4.69) is 26.2 Å². The highest BCUT2D eigenvalue weighted by Crippen LogP contribution is 2.44. The fourth-order valence-corrected chi connectivity index (χ4v) is 3.11. The van der Waals surface area contributed by atoms with E-state index in [0.29, 0.717) is 11.8 Å². The van der Waals surface area contributed by atoms with Gasteiger partial charge in [0.2, 0.25) is 0 Å². The van der Waals surface area contributed by atoms with Crippen molar-refractivity contribution < 1.29 is 4.74 Å². The van der Waals surface area contributed by atoms with Gasteiger partial charge < -0.3 is 10.1 Å². The fraction of sp³-hybridized carbons (Fsp3) is 0.692. The molecule has 0 amide bonds. The Morgan fingerprint density at radius 3 is 2.44 bits per heavy atom. The molecule has 98 valence electrons. The van der Waals surface area contributed by atoms with Crippen molar-refractivity contribution in [1.82, 2.24) is 9.97 Å². The van der Waals surface area contributed by atoms with Gasteiger partial charge >= 0.3 is 0 Å². The second-order valence-electron chi connectivity index (χ2n) is 5.04. The Balaban J connectivity index is 1.95. The Hall–Kier alpha value is -0.680. The number of anilines is 1. The highest BCUT2D eigenvalue weighted by molar-refractivity contribution is 9.10. The Labute approximate surface area is 116 Å². The predicted octanol–water partition coefficient (Wildman–Crippen LogP) is 3.05. The average molecular weight is 312 g/mol. The first-order valence-electron chi connectivity index (χ1n) is 6.62. The first-order chi connectivity index (χ1) is 8.79. The van der Waals surface area contributed by atoms with Gasteiger partial charge in [-0.1, -0.05) is 0 Å². The van der Waals surface area contributed by atoms with E-state index >= 15 is 0 Å². The third-order valence-corrected chi connectivity index (χ3v) is 4.46. The van der Waals surface area contributed by atoms with Crippen molar-refractivity contribution in [1.29, 1.82) is 0 Å².